The molecule has 0 amide bonds. The molecule has 0 aliphatic rings. The highest BCUT2D eigenvalue weighted by atomic mass is 19.1. The van der Waals surface area contributed by atoms with Crippen LogP contribution in [0.25, 0.3) is 11.3 Å². The van der Waals surface area contributed by atoms with E-state index in [1.54, 1.807) is 6.92 Å². The van der Waals surface area contributed by atoms with Crippen molar-refractivity contribution in [1.29, 1.82) is 0 Å². The fraction of sp³-hybridized carbons (Fsp3) is 0.167. The summed E-state index contributed by atoms with van der Waals surface area (Å²) in [4.78, 5) is 27.4. The number of nitrogens with zero attached hydrogens (tertiary/aromatic N) is 2. The molecule has 0 atom stereocenters. The van der Waals surface area contributed by atoms with Crippen LogP contribution in [-0.4, -0.2) is 27.8 Å². The molecule has 2 heterocycles. The Labute approximate surface area is 107 Å². The van der Waals surface area contributed by atoms with Crippen molar-refractivity contribution in [3.05, 3.63) is 46.3 Å². The molecular weight excluding hydrogens is 253 g/mol. The average molecular weight is 263 g/mol. The molecule has 98 valence electrons. The number of nitrogens with one attached hydrogen (secondary N) is 1. The standard InChI is InChI=1S/C12H10FN3O3/c1-2-19-12(18)10-11(17)8(6-15-16-10)9-4-3-7(13)5-14-9/h3-6H,2H2,1H3,(H,15,17). The van der Waals surface area contributed by atoms with Crippen LogP contribution in [0.15, 0.2) is 29.3 Å². The summed E-state index contributed by atoms with van der Waals surface area (Å²) in [5.41, 5.74) is -0.601. The minimum absolute atomic E-state index is 0.123. The van der Waals surface area contributed by atoms with Crippen molar-refractivity contribution in [3.8, 4) is 11.3 Å². The minimum atomic E-state index is -0.812. The van der Waals surface area contributed by atoms with Gasteiger partial charge in [0.1, 0.15) is 5.82 Å². The van der Waals surface area contributed by atoms with E-state index in [9.17, 15) is 14.0 Å². The molecule has 19 heavy (non-hydrogen) atoms. The fourth-order valence-electron chi connectivity index (χ4n) is 1.47. The van der Waals surface area contributed by atoms with Crippen molar-refractivity contribution in [1.82, 2.24) is 15.2 Å². The highest BCUT2D eigenvalue weighted by Crippen LogP contribution is 2.11. The summed E-state index contributed by atoms with van der Waals surface area (Å²) in [6.45, 7) is 1.76. The van der Waals surface area contributed by atoms with Gasteiger partial charge in [-0.05, 0) is 19.1 Å². The Kier molecular flexibility index (Phi) is 3.65. The third-order valence-electron chi connectivity index (χ3n) is 2.32. The first-order valence-electron chi connectivity index (χ1n) is 5.50. The van der Waals surface area contributed by atoms with Gasteiger partial charge in [-0.15, -0.1) is 0 Å². The number of H-pyrrole nitrogens is 1. The molecule has 0 bridgehead atoms. The molecule has 0 radical (unpaired) electrons. The number of hydrogen-bond donors (Lipinski definition) is 1. The van der Waals surface area contributed by atoms with E-state index < -0.39 is 17.2 Å². The summed E-state index contributed by atoms with van der Waals surface area (Å²) in [7, 11) is 0. The lowest BCUT2D eigenvalue weighted by Crippen LogP contribution is -2.22. The van der Waals surface area contributed by atoms with Gasteiger partial charge in [0.05, 0.1) is 24.1 Å². The number of pyridine rings is 1. The highest BCUT2D eigenvalue weighted by molar-refractivity contribution is 5.88. The van der Waals surface area contributed by atoms with E-state index in [1.807, 2.05) is 0 Å². The van der Waals surface area contributed by atoms with Crippen molar-refractivity contribution >= 4 is 5.97 Å². The van der Waals surface area contributed by atoms with Gasteiger partial charge in [-0.2, -0.15) is 5.10 Å². The van der Waals surface area contributed by atoms with E-state index in [4.69, 9.17) is 4.74 Å². The van der Waals surface area contributed by atoms with E-state index in [0.29, 0.717) is 0 Å². The summed E-state index contributed by atoms with van der Waals surface area (Å²) < 4.78 is 17.5. The molecule has 0 aliphatic heterocycles. The van der Waals surface area contributed by atoms with Crippen LogP contribution in [0.5, 0.6) is 0 Å². The molecule has 2 rings (SSSR count). The quantitative estimate of drug-likeness (QED) is 0.839. The van der Waals surface area contributed by atoms with Gasteiger partial charge in [-0.3, -0.25) is 14.9 Å². The van der Waals surface area contributed by atoms with Gasteiger partial charge < -0.3 is 4.74 Å². The molecule has 0 aromatic carbocycles. The van der Waals surface area contributed by atoms with E-state index in [-0.39, 0.29) is 23.6 Å². The molecule has 0 aliphatic carbocycles. The second-order valence-corrected chi connectivity index (χ2v) is 3.56. The van der Waals surface area contributed by atoms with Crippen molar-refractivity contribution in [2.75, 3.05) is 6.61 Å². The molecule has 1 N–H and O–H groups in total. The van der Waals surface area contributed by atoms with Crippen LogP contribution in [0, 0.1) is 5.82 Å². The first-order chi connectivity index (χ1) is 9.13. The first kappa shape index (κ1) is 12.9. The van der Waals surface area contributed by atoms with Gasteiger partial charge in [0.25, 0.3) is 0 Å². The van der Waals surface area contributed by atoms with Crippen molar-refractivity contribution in [2.45, 2.75) is 6.92 Å². The number of halogens is 1. The Morgan fingerprint density at radius 3 is 2.89 bits per heavy atom. The number of aromatic nitrogens is 3. The Hall–Kier alpha value is -2.57. The molecule has 0 unspecified atom stereocenters. The van der Waals surface area contributed by atoms with E-state index >= 15 is 0 Å². The van der Waals surface area contributed by atoms with E-state index in [0.717, 1.165) is 6.20 Å². The molecule has 0 spiro atoms. The van der Waals surface area contributed by atoms with Crippen LogP contribution in [0.3, 0.4) is 0 Å². The van der Waals surface area contributed by atoms with Gasteiger partial charge >= 0.3 is 5.97 Å². The molecule has 0 saturated carbocycles. The zero-order chi connectivity index (χ0) is 13.8. The van der Waals surface area contributed by atoms with Crippen LogP contribution in [0.1, 0.15) is 17.4 Å². The molecule has 7 heteroatoms. The number of carbonyl (C=O) groups is 1. The Balaban J connectivity index is 2.48. The summed E-state index contributed by atoms with van der Waals surface area (Å²) in [6, 6.07) is 2.51. The lowest BCUT2D eigenvalue weighted by Gasteiger charge is -2.03. The zero-order valence-electron chi connectivity index (χ0n) is 10.0. The lowest BCUT2D eigenvalue weighted by atomic mass is 10.1. The van der Waals surface area contributed by atoms with Crippen molar-refractivity contribution in [3.63, 3.8) is 0 Å². The van der Waals surface area contributed by atoms with Crippen LogP contribution in [-0.2, 0) is 4.74 Å². The monoisotopic (exact) mass is 263 g/mol. The van der Waals surface area contributed by atoms with E-state index in [2.05, 4.69) is 15.2 Å². The predicted molar refractivity (Wildman–Crippen MR) is 64.0 cm³/mol. The topological polar surface area (TPSA) is 84.9 Å². The fourth-order valence-corrected chi connectivity index (χ4v) is 1.47. The third kappa shape index (κ3) is 2.65. The molecule has 6 nitrogen and oxygen atoms in total. The highest BCUT2D eigenvalue weighted by Gasteiger charge is 2.17. The van der Waals surface area contributed by atoms with Gasteiger partial charge in [0.2, 0.25) is 11.1 Å². The summed E-state index contributed by atoms with van der Waals surface area (Å²) >= 11 is 0. The summed E-state index contributed by atoms with van der Waals surface area (Å²) in [6.07, 6.45) is 2.28. The average Bonchev–Trinajstić information content (AvgIpc) is 2.40. The summed E-state index contributed by atoms with van der Waals surface area (Å²) in [5, 5.41) is 6.02. The third-order valence-corrected chi connectivity index (χ3v) is 2.32. The Morgan fingerprint density at radius 1 is 1.47 bits per heavy atom. The van der Waals surface area contributed by atoms with Crippen molar-refractivity contribution < 1.29 is 13.9 Å². The number of rotatable bonds is 3. The minimum Gasteiger partial charge on any atom is -0.461 e. The molecular formula is C12H10FN3O3. The predicted octanol–water partition coefficient (Wildman–Crippen LogP) is 1.15. The molecule has 2 aromatic heterocycles. The number of aromatic amines is 1. The second kappa shape index (κ2) is 5.38. The zero-order valence-corrected chi connectivity index (χ0v) is 10.0. The number of esters is 1. The van der Waals surface area contributed by atoms with Crippen LogP contribution in [0.4, 0.5) is 4.39 Å². The van der Waals surface area contributed by atoms with Crippen LogP contribution in [0.2, 0.25) is 0 Å². The van der Waals surface area contributed by atoms with E-state index in [1.165, 1.54) is 18.3 Å². The maximum absolute atomic E-state index is 12.8. The number of hydrogen-bond acceptors (Lipinski definition) is 5. The van der Waals surface area contributed by atoms with Gasteiger partial charge in [-0.1, -0.05) is 0 Å². The first-order valence-corrected chi connectivity index (χ1v) is 5.50. The van der Waals surface area contributed by atoms with Gasteiger partial charge in [0, 0.05) is 6.20 Å². The maximum Gasteiger partial charge on any atom is 0.362 e. The molecule has 2 aromatic rings. The van der Waals surface area contributed by atoms with Crippen LogP contribution >= 0.6 is 0 Å². The van der Waals surface area contributed by atoms with Crippen LogP contribution < -0.4 is 5.43 Å². The molecule has 0 saturated heterocycles. The Morgan fingerprint density at radius 2 is 2.26 bits per heavy atom. The number of ether oxygens (including phenoxy) is 1. The smallest absolute Gasteiger partial charge is 0.362 e. The van der Waals surface area contributed by atoms with Gasteiger partial charge in [0.15, 0.2) is 0 Å². The summed E-state index contributed by atoms with van der Waals surface area (Å²) in [5.74, 6) is -1.33. The maximum atomic E-state index is 12.8. The lowest BCUT2D eigenvalue weighted by molar-refractivity contribution is 0.0516. The molecule has 0 fully saturated rings. The normalized spacial score (nSPS) is 10.2. The second-order valence-electron chi connectivity index (χ2n) is 3.56. The van der Waals surface area contributed by atoms with Gasteiger partial charge in [-0.25, -0.2) is 9.18 Å². The largest absolute Gasteiger partial charge is 0.461 e. The SMILES string of the molecule is CCOC(=O)c1n[nH]cc(-c2ccc(F)cn2)c1=O. The van der Waals surface area contributed by atoms with Crippen molar-refractivity contribution in [2.24, 2.45) is 0 Å². The Bertz CT molecular complexity index is 652. The number of carbonyl (C=O) groups excluding carboxylic acids is 1.